The standard InChI is InChI=1S/C34H40O8/c1-23-7-10-26-27-11-8-24(2)21-30(27)34(29(26)20-23,13-5-4-6-32(35)36)25-9-12-31(28(22-25)33(37)38)42-19-18-41-17-16-40-15-14-39-3/h7-12,20-22H,4-6,13-19H2,1-3H3,(H,35,36)(H,37,38). The van der Waals surface area contributed by atoms with Crippen molar-refractivity contribution in [1.82, 2.24) is 0 Å². The zero-order valence-electron chi connectivity index (χ0n) is 24.6. The molecule has 0 aliphatic heterocycles. The fourth-order valence-corrected chi connectivity index (χ4v) is 5.79. The molecule has 0 radical (unpaired) electrons. The summed E-state index contributed by atoms with van der Waals surface area (Å²) in [6, 6.07) is 18.2. The molecule has 42 heavy (non-hydrogen) atoms. The Bertz CT molecular complexity index is 1340. The van der Waals surface area contributed by atoms with Gasteiger partial charge in [-0.15, -0.1) is 0 Å². The van der Waals surface area contributed by atoms with E-state index in [-0.39, 0.29) is 24.3 Å². The molecule has 0 saturated carbocycles. The lowest BCUT2D eigenvalue weighted by molar-refractivity contribution is -0.137. The van der Waals surface area contributed by atoms with Crippen molar-refractivity contribution in [1.29, 1.82) is 0 Å². The van der Waals surface area contributed by atoms with E-state index in [2.05, 4.69) is 50.2 Å². The molecule has 0 saturated heterocycles. The van der Waals surface area contributed by atoms with Gasteiger partial charge < -0.3 is 29.2 Å². The van der Waals surface area contributed by atoms with E-state index in [4.69, 9.17) is 18.9 Å². The molecule has 8 nitrogen and oxygen atoms in total. The highest BCUT2D eigenvalue weighted by Gasteiger charge is 2.44. The van der Waals surface area contributed by atoms with Crippen molar-refractivity contribution in [3.8, 4) is 16.9 Å². The molecule has 8 heteroatoms. The van der Waals surface area contributed by atoms with Crippen LogP contribution in [-0.4, -0.2) is 68.9 Å². The second kappa shape index (κ2) is 14.4. The summed E-state index contributed by atoms with van der Waals surface area (Å²) in [4.78, 5) is 23.8. The smallest absolute Gasteiger partial charge is 0.339 e. The van der Waals surface area contributed by atoms with Gasteiger partial charge in [-0.3, -0.25) is 4.79 Å². The fourth-order valence-electron chi connectivity index (χ4n) is 5.79. The molecule has 0 spiro atoms. The first kappa shape index (κ1) is 31.2. The molecule has 0 heterocycles. The Labute approximate surface area is 247 Å². The van der Waals surface area contributed by atoms with Gasteiger partial charge in [0.05, 0.1) is 33.0 Å². The quantitative estimate of drug-likeness (QED) is 0.188. The van der Waals surface area contributed by atoms with Crippen LogP contribution in [0.5, 0.6) is 5.75 Å². The summed E-state index contributed by atoms with van der Waals surface area (Å²) in [5.41, 5.74) is 6.98. The molecule has 1 aliphatic rings. The van der Waals surface area contributed by atoms with E-state index in [0.717, 1.165) is 38.9 Å². The highest BCUT2D eigenvalue weighted by atomic mass is 16.6. The maximum Gasteiger partial charge on any atom is 0.339 e. The minimum Gasteiger partial charge on any atom is -0.490 e. The number of ether oxygens (including phenoxy) is 4. The summed E-state index contributed by atoms with van der Waals surface area (Å²) in [5.74, 6) is -1.62. The van der Waals surface area contributed by atoms with Crippen molar-refractivity contribution >= 4 is 11.9 Å². The first-order valence-electron chi connectivity index (χ1n) is 14.4. The molecule has 0 unspecified atom stereocenters. The number of carboxylic acids is 2. The lowest BCUT2D eigenvalue weighted by Gasteiger charge is -2.34. The van der Waals surface area contributed by atoms with Gasteiger partial charge in [-0.2, -0.15) is 0 Å². The SMILES string of the molecule is COCCOCCOCCOc1ccc(C2(CCCCC(=O)O)c3cc(C)ccc3-c3ccc(C)cc32)cc1C(=O)O. The summed E-state index contributed by atoms with van der Waals surface area (Å²) < 4.78 is 21.7. The van der Waals surface area contributed by atoms with Gasteiger partial charge in [0, 0.05) is 18.9 Å². The summed E-state index contributed by atoms with van der Waals surface area (Å²) in [6.45, 7) is 6.46. The second-order valence-corrected chi connectivity index (χ2v) is 10.7. The number of methoxy groups -OCH3 is 1. The summed E-state index contributed by atoms with van der Waals surface area (Å²) in [6.07, 6.45) is 1.93. The van der Waals surface area contributed by atoms with E-state index in [0.29, 0.717) is 52.3 Å². The topological polar surface area (TPSA) is 112 Å². The van der Waals surface area contributed by atoms with Crippen molar-refractivity contribution in [3.05, 3.63) is 88.0 Å². The van der Waals surface area contributed by atoms with E-state index in [1.807, 2.05) is 6.07 Å². The van der Waals surface area contributed by atoms with Crippen LogP contribution in [0, 0.1) is 13.8 Å². The van der Waals surface area contributed by atoms with E-state index < -0.39 is 17.4 Å². The maximum absolute atomic E-state index is 12.5. The van der Waals surface area contributed by atoms with Gasteiger partial charge in [-0.25, -0.2) is 4.79 Å². The van der Waals surface area contributed by atoms with E-state index >= 15 is 0 Å². The highest BCUT2D eigenvalue weighted by molar-refractivity contribution is 5.92. The number of unbranched alkanes of at least 4 members (excludes halogenated alkanes) is 1. The zero-order valence-corrected chi connectivity index (χ0v) is 24.6. The third-order valence-corrected chi connectivity index (χ3v) is 7.74. The molecule has 4 rings (SSSR count). The Morgan fingerprint density at radius 1 is 0.738 bits per heavy atom. The molecule has 0 bridgehead atoms. The fraction of sp³-hybridized carbons (Fsp3) is 0.412. The number of aliphatic carboxylic acids is 1. The minimum atomic E-state index is -1.08. The predicted molar refractivity (Wildman–Crippen MR) is 160 cm³/mol. The Morgan fingerprint density at radius 3 is 1.90 bits per heavy atom. The van der Waals surface area contributed by atoms with Crippen molar-refractivity contribution < 1.29 is 38.7 Å². The van der Waals surface area contributed by atoms with Crippen molar-refractivity contribution in [3.63, 3.8) is 0 Å². The van der Waals surface area contributed by atoms with Gasteiger partial charge >= 0.3 is 11.9 Å². The van der Waals surface area contributed by atoms with Gasteiger partial charge in [0.15, 0.2) is 0 Å². The molecular formula is C34H40O8. The number of fused-ring (bicyclic) bond motifs is 3. The first-order valence-corrected chi connectivity index (χ1v) is 14.4. The van der Waals surface area contributed by atoms with Crippen molar-refractivity contribution in [2.24, 2.45) is 0 Å². The number of aromatic carboxylic acids is 1. The maximum atomic E-state index is 12.5. The minimum absolute atomic E-state index is 0.0793. The van der Waals surface area contributed by atoms with E-state index in [1.165, 1.54) is 0 Å². The lowest BCUT2D eigenvalue weighted by atomic mass is 9.68. The van der Waals surface area contributed by atoms with Crippen LogP contribution in [0.25, 0.3) is 11.1 Å². The number of hydrogen-bond donors (Lipinski definition) is 2. The third kappa shape index (κ3) is 7.01. The van der Waals surface area contributed by atoms with Gasteiger partial charge in [0.25, 0.3) is 0 Å². The molecule has 3 aromatic carbocycles. The van der Waals surface area contributed by atoms with Crippen LogP contribution in [0.4, 0.5) is 0 Å². The zero-order chi connectivity index (χ0) is 30.1. The molecule has 0 aromatic heterocycles. The number of carbonyl (C=O) groups is 2. The van der Waals surface area contributed by atoms with Crippen molar-refractivity contribution in [2.45, 2.75) is 44.9 Å². The van der Waals surface area contributed by atoms with Crippen LogP contribution in [0.2, 0.25) is 0 Å². The van der Waals surface area contributed by atoms with Crippen LogP contribution < -0.4 is 4.74 Å². The largest absolute Gasteiger partial charge is 0.490 e. The average Bonchev–Trinajstić information content (AvgIpc) is 3.23. The molecule has 0 atom stereocenters. The first-order chi connectivity index (χ1) is 20.3. The Balaban J connectivity index is 1.65. The van der Waals surface area contributed by atoms with Gasteiger partial charge in [-0.1, -0.05) is 60.0 Å². The summed E-state index contributed by atoms with van der Waals surface area (Å²) >= 11 is 0. The number of hydrogen-bond acceptors (Lipinski definition) is 6. The van der Waals surface area contributed by atoms with Crippen LogP contribution in [-0.2, 0) is 24.4 Å². The normalized spacial score (nSPS) is 13.0. The third-order valence-electron chi connectivity index (χ3n) is 7.74. The van der Waals surface area contributed by atoms with Gasteiger partial charge in [0.2, 0.25) is 0 Å². The number of rotatable bonds is 17. The molecule has 3 aromatic rings. The Morgan fingerprint density at radius 2 is 1.33 bits per heavy atom. The summed E-state index contributed by atoms with van der Waals surface area (Å²) in [5, 5.41) is 19.5. The number of carboxylic acid groups (broad SMARTS) is 2. The highest BCUT2D eigenvalue weighted by Crippen LogP contribution is 2.56. The number of benzene rings is 3. The van der Waals surface area contributed by atoms with Crippen LogP contribution in [0.15, 0.2) is 54.6 Å². The van der Waals surface area contributed by atoms with Gasteiger partial charge in [0.1, 0.15) is 17.9 Å². The molecule has 0 fully saturated rings. The van der Waals surface area contributed by atoms with Gasteiger partial charge in [-0.05, 0) is 66.6 Å². The molecule has 1 aliphatic carbocycles. The van der Waals surface area contributed by atoms with E-state index in [9.17, 15) is 19.8 Å². The molecular weight excluding hydrogens is 536 g/mol. The Kier molecular flexibility index (Phi) is 10.7. The predicted octanol–water partition coefficient (Wildman–Crippen LogP) is 6.02. The van der Waals surface area contributed by atoms with Crippen LogP contribution in [0.3, 0.4) is 0 Å². The van der Waals surface area contributed by atoms with Crippen LogP contribution in [0.1, 0.15) is 63.9 Å². The van der Waals surface area contributed by atoms with Crippen LogP contribution >= 0.6 is 0 Å². The average molecular weight is 577 g/mol. The second-order valence-electron chi connectivity index (χ2n) is 10.7. The molecule has 224 valence electrons. The monoisotopic (exact) mass is 576 g/mol. The van der Waals surface area contributed by atoms with E-state index in [1.54, 1.807) is 19.2 Å². The summed E-state index contributed by atoms with van der Waals surface area (Å²) in [7, 11) is 1.62. The molecule has 2 N–H and O–H groups in total. The van der Waals surface area contributed by atoms with Crippen molar-refractivity contribution in [2.75, 3.05) is 46.8 Å². The lowest BCUT2D eigenvalue weighted by Crippen LogP contribution is -2.28. The number of aryl methyl sites for hydroxylation is 2. The Hall–Kier alpha value is -3.72. The molecule has 0 amide bonds.